The highest BCUT2D eigenvalue weighted by Gasteiger charge is 2.10. The number of aryl methyl sites for hydroxylation is 1. The van der Waals surface area contributed by atoms with E-state index in [4.69, 9.17) is 0 Å². The minimum atomic E-state index is -0.623. The Labute approximate surface area is 92.3 Å². The predicted octanol–water partition coefficient (Wildman–Crippen LogP) is 3.12. The first-order chi connectivity index (χ1) is 7.65. The third kappa shape index (κ3) is 1.71. The van der Waals surface area contributed by atoms with Crippen LogP contribution in [0, 0.1) is 11.6 Å². The first-order valence-corrected chi connectivity index (χ1v) is 5.12. The third-order valence-electron chi connectivity index (χ3n) is 2.52. The van der Waals surface area contributed by atoms with Gasteiger partial charge in [-0.2, -0.15) is 0 Å². The van der Waals surface area contributed by atoms with Crippen LogP contribution in [0.25, 0.3) is 10.9 Å². The summed E-state index contributed by atoms with van der Waals surface area (Å²) in [6.45, 7) is 1.94. The predicted molar refractivity (Wildman–Crippen MR) is 60.6 cm³/mol. The van der Waals surface area contributed by atoms with Crippen LogP contribution in [0.1, 0.15) is 12.6 Å². The van der Waals surface area contributed by atoms with Gasteiger partial charge in [-0.15, -0.1) is 0 Å². The van der Waals surface area contributed by atoms with Crippen LogP contribution in [0.3, 0.4) is 0 Å². The number of nitrogens with one attached hydrogen (secondary N) is 1. The number of benzene rings is 1. The Morgan fingerprint density at radius 2 is 2.00 bits per heavy atom. The minimum Gasteiger partial charge on any atom is -0.388 e. The zero-order valence-corrected chi connectivity index (χ0v) is 9.14. The van der Waals surface area contributed by atoms with E-state index in [-0.39, 0.29) is 5.52 Å². The Bertz CT molecular complexity index is 538. The summed E-state index contributed by atoms with van der Waals surface area (Å²) in [5.41, 5.74) is 1.69. The molecule has 2 aromatic rings. The number of hydrogen-bond donors (Lipinski definition) is 1. The van der Waals surface area contributed by atoms with E-state index in [1.807, 2.05) is 6.92 Å². The first kappa shape index (κ1) is 10.8. The first-order valence-electron chi connectivity index (χ1n) is 5.12. The number of halogens is 2. The van der Waals surface area contributed by atoms with Crippen LogP contribution >= 0.6 is 0 Å². The minimum absolute atomic E-state index is 0.213. The van der Waals surface area contributed by atoms with Crippen LogP contribution in [0.2, 0.25) is 0 Å². The average molecular weight is 222 g/mol. The number of aromatic nitrogens is 1. The maximum Gasteiger partial charge on any atom is 0.152 e. The topological polar surface area (TPSA) is 24.9 Å². The summed E-state index contributed by atoms with van der Waals surface area (Å²) < 4.78 is 26.7. The molecule has 0 radical (unpaired) electrons. The Morgan fingerprint density at radius 1 is 1.25 bits per heavy atom. The Hall–Kier alpha value is -1.71. The van der Waals surface area contributed by atoms with Crippen LogP contribution < -0.4 is 5.32 Å². The van der Waals surface area contributed by atoms with Gasteiger partial charge < -0.3 is 5.32 Å². The Morgan fingerprint density at radius 3 is 2.62 bits per heavy atom. The monoisotopic (exact) mass is 222 g/mol. The molecule has 0 atom stereocenters. The molecule has 84 valence electrons. The van der Waals surface area contributed by atoms with Crippen LogP contribution in [0.4, 0.5) is 14.5 Å². The number of pyridine rings is 1. The molecule has 0 bridgehead atoms. The molecule has 0 aliphatic carbocycles. The van der Waals surface area contributed by atoms with Gasteiger partial charge in [-0.3, -0.25) is 0 Å². The lowest BCUT2D eigenvalue weighted by molar-refractivity contribution is 0.590. The normalized spacial score (nSPS) is 10.8. The molecule has 16 heavy (non-hydrogen) atoms. The van der Waals surface area contributed by atoms with Crippen molar-refractivity contribution >= 4 is 16.6 Å². The van der Waals surface area contributed by atoms with Crippen molar-refractivity contribution < 1.29 is 8.78 Å². The van der Waals surface area contributed by atoms with Crippen molar-refractivity contribution in [2.75, 3.05) is 12.4 Å². The van der Waals surface area contributed by atoms with Crippen molar-refractivity contribution in [3.8, 4) is 0 Å². The van der Waals surface area contributed by atoms with E-state index >= 15 is 0 Å². The van der Waals surface area contributed by atoms with Gasteiger partial charge in [0, 0.05) is 29.9 Å². The molecule has 2 rings (SSSR count). The molecule has 0 spiro atoms. The highest BCUT2D eigenvalue weighted by Crippen LogP contribution is 2.26. The summed E-state index contributed by atoms with van der Waals surface area (Å²) in [6.07, 6.45) is 0.710. The van der Waals surface area contributed by atoms with Crippen molar-refractivity contribution in [1.29, 1.82) is 0 Å². The van der Waals surface area contributed by atoms with Crippen LogP contribution in [-0.2, 0) is 6.42 Å². The van der Waals surface area contributed by atoms with Crippen molar-refractivity contribution in [2.24, 2.45) is 0 Å². The summed E-state index contributed by atoms with van der Waals surface area (Å²) >= 11 is 0. The molecule has 0 aliphatic heterocycles. The molecule has 1 aromatic heterocycles. The lowest BCUT2D eigenvalue weighted by Gasteiger charge is -2.08. The highest BCUT2D eigenvalue weighted by molar-refractivity contribution is 5.91. The highest BCUT2D eigenvalue weighted by atomic mass is 19.1. The van der Waals surface area contributed by atoms with Crippen LogP contribution in [0.15, 0.2) is 18.2 Å². The van der Waals surface area contributed by atoms with E-state index in [2.05, 4.69) is 10.3 Å². The fraction of sp³-hybridized carbons (Fsp3) is 0.250. The molecule has 0 unspecified atom stereocenters. The quantitative estimate of drug-likeness (QED) is 0.844. The molecule has 4 heteroatoms. The number of nitrogens with zero attached hydrogens (tertiary/aromatic N) is 1. The van der Waals surface area contributed by atoms with Crippen LogP contribution in [-0.4, -0.2) is 12.0 Å². The molecule has 0 saturated carbocycles. The van der Waals surface area contributed by atoms with Gasteiger partial charge in [-0.1, -0.05) is 6.92 Å². The summed E-state index contributed by atoms with van der Waals surface area (Å²) in [5.74, 6) is -1.21. The molecule has 0 saturated heterocycles. The summed E-state index contributed by atoms with van der Waals surface area (Å²) in [5, 5.41) is 3.40. The van der Waals surface area contributed by atoms with Gasteiger partial charge in [0.1, 0.15) is 11.3 Å². The van der Waals surface area contributed by atoms with Crippen LogP contribution in [0.5, 0.6) is 0 Å². The maximum atomic E-state index is 13.5. The summed E-state index contributed by atoms with van der Waals surface area (Å²) in [4.78, 5) is 4.16. The van der Waals surface area contributed by atoms with E-state index in [0.29, 0.717) is 17.5 Å². The van der Waals surface area contributed by atoms with Crippen molar-refractivity contribution in [3.05, 3.63) is 35.5 Å². The lowest BCUT2D eigenvalue weighted by Crippen LogP contribution is -1.98. The third-order valence-corrected chi connectivity index (χ3v) is 2.52. The van der Waals surface area contributed by atoms with E-state index < -0.39 is 11.6 Å². The second kappa shape index (κ2) is 4.04. The molecule has 1 aromatic carbocycles. The van der Waals surface area contributed by atoms with Gasteiger partial charge >= 0.3 is 0 Å². The number of rotatable bonds is 2. The maximum absolute atomic E-state index is 13.5. The zero-order chi connectivity index (χ0) is 11.7. The van der Waals surface area contributed by atoms with Gasteiger partial charge in [-0.25, -0.2) is 13.8 Å². The standard InChI is InChI=1S/C12H12F2N2/c1-3-8-6-11(15-2)9-4-7(13)5-10(14)12(9)16-8/h4-6H,3H2,1-2H3,(H,15,16). The number of fused-ring (bicyclic) bond motifs is 1. The number of hydrogen-bond acceptors (Lipinski definition) is 2. The van der Waals surface area contributed by atoms with E-state index in [9.17, 15) is 8.78 Å². The largest absolute Gasteiger partial charge is 0.388 e. The fourth-order valence-electron chi connectivity index (χ4n) is 1.69. The Kier molecular flexibility index (Phi) is 2.73. The van der Waals surface area contributed by atoms with Gasteiger partial charge in [0.2, 0.25) is 0 Å². The molecule has 1 heterocycles. The second-order valence-corrected chi connectivity index (χ2v) is 3.55. The van der Waals surface area contributed by atoms with Crippen molar-refractivity contribution in [3.63, 3.8) is 0 Å². The van der Waals surface area contributed by atoms with Gasteiger partial charge in [-0.05, 0) is 18.6 Å². The van der Waals surface area contributed by atoms with E-state index in [0.717, 1.165) is 11.8 Å². The van der Waals surface area contributed by atoms with Gasteiger partial charge in [0.25, 0.3) is 0 Å². The van der Waals surface area contributed by atoms with Gasteiger partial charge in [0.05, 0.1) is 0 Å². The molecule has 2 nitrogen and oxygen atoms in total. The molecule has 0 aliphatic rings. The zero-order valence-electron chi connectivity index (χ0n) is 9.14. The van der Waals surface area contributed by atoms with Gasteiger partial charge in [0.15, 0.2) is 5.82 Å². The van der Waals surface area contributed by atoms with E-state index in [1.54, 1.807) is 13.1 Å². The van der Waals surface area contributed by atoms with Crippen molar-refractivity contribution in [2.45, 2.75) is 13.3 Å². The molecular weight excluding hydrogens is 210 g/mol. The average Bonchev–Trinajstić information content (AvgIpc) is 2.28. The second-order valence-electron chi connectivity index (χ2n) is 3.55. The molecular formula is C12H12F2N2. The molecule has 0 fully saturated rings. The smallest absolute Gasteiger partial charge is 0.152 e. The number of anilines is 1. The Balaban J connectivity index is 2.83. The van der Waals surface area contributed by atoms with E-state index in [1.165, 1.54) is 6.07 Å². The SMILES string of the molecule is CCc1cc(NC)c2cc(F)cc(F)c2n1. The fourth-order valence-corrected chi connectivity index (χ4v) is 1.69. The molecule has 1 N–H and O–H groups in total. The summed E-state index contributed by atoms with van der Waals surface area (Å²) in [7, 11) is 1.72. The lowest BCUT2D eigenvalue weighted by atomic mass is 10.1. The molecule has 0 amide bonds. The van der Waals surface area contributed by atoms with Crippen molar-refractivity contribution in [1.82, 2.24) is 4.98 Å². The summed E-state index contributed by atoms with van der Waals surface area (Å²) in [6, 6.07) is 3.95.